The number of ether oxygens (including phenoxy) is 1. The van der Waals surface area contributed by atoms with Gasteiger partial charge in [-0.1, -0.05) is 46.3 Å². The van der Waals surface area contributed by atoms with Gasteiger partial charge in [-0.15, -0.1) is 0 Å². The van der Waals surface area contributed by atoms with Crippen molar-refractivity contribution in [3.63, 3.8) is 0 Å². The molecule has 0 saturated carbocycles. The van der Waals surface area contributed by atoms with E-state index in [4.69, 9.17) is 4.74 Å². The first kappa shape index (κ1) is 20.0. The quantitative estimate of drug-likeness (QED) is 0.436. The molecule has 1 aliphatic rings. The molecule has 2 aromatic carbocycles. The van der Waals surface area contributed by atoms with Crippen molar-refractivity contribution < 1.29 is 9.13 Å². The summed E-state index contributed by atoms with van der Waals surface area (Å²) in [5, 5.41) is 0.421. The molecule has 1 unspecified atom stereocenters. The zero-order valence-corrected chi connectivity index (χ0v) is 18.5. The summed E-state index contributed by atoms with van der Waals surface area (Å²) in [6.07, 6.45) is -0.740. The fourth-order valence-corrected chi connectivity index (χ4v) is 4.84. The molecule has 8 heteroatoms. The van der Waals surface area contributed by atoms with Crippen LogP contribution in [0.4, 0.5) is 4.39 Å². The van der Waals surface area contributed by atoms with Crippen molar-refractivity contribution in [3.05, 3.63) is 90.9 Å². The molecule has 1 aliphatic heterocycles. The topological polar surface area (TPSA) is 58.2 Å². The fraction of sp³-hybridized carbons (Fsp3) is 0.217. The SMILES string of the molecule is Cn1c(=O)c2c(-c3cccc(Br)c3)n3c(c2n(C)c1=O)C(c1ccccc1F)OCC3. The van der Waals surface area contributed by atoms with Gasteiger partial charge in [-0.3, -0.25) is 13.9 Å². The monoisotopic (exact) mass is 483 g/mol. The summed E-state index contributed by atoms with van der Waals surface area (Å²) in [5.41, 5.74) is 2.15. The molecule has 4 aromatic rings. The molecule has 0 saturated heterocycles. The van der Waals surface area contributed by atoms with Crippen molar-refractivity contribution in [2.24, 2.45) is 14.1 Å². The molecule has 6 nitrogen and oxygen atoms in total. The molecule has 0 fully saturated rings. The van der Waals surface area contributed by atoms with E-state index in [0.29, 0.717) is 41.0 Å². The van der Waals surface area contributed by atoms with E-state index in [-0.39, 0.29) is 5.56 Å². The molecule has 5 rings (SSSR count). The number of fused-ring (bicyclic) bond motifs is 3. The third-order valence-electron chi connectivity index (χ3n) is 5.84. The van der Waals surface area contributed by atoms with E-state index in [1.807, 2.05) is 28.8 Å². The van der Waals surface area contributed by atoms with Crippen LogP contribution in [-0.4, -0.2) is 20.3 Å². The molecule has 158 valence electrons. The summed E-state index contributed by atoms with van der Waals surface area (Å²) >= 11 is 3.50. The van der Waals surface area contributed by atoms with Crippen LogP contribution in [0.2, 0.25) is 0 Å². The van der Waals surface area contributed by atoms with Crippen molar-refractivity contribution in [1.82, 2.24) is 13.7 Å². The Labute approximate surface area is 185 Å². The van der Waals surface area contributed by atoms with Gasteiger partial charge in [0.15, 0.2) is 0 Å². The smallest absolute Gasteiger partial charge is 0.331 e. The maximum Gasteiger partial charge on any atom is 0.331 e. The fourth-order valence-electron chi connectivity index (χ4n) is 4.44. The Morgan fingerprint density at radius 3 is 2.58 bits per heavy atom. The van der Waals surface area contributed by atoms with Crippen LogP contribution < -0.4 is 11.2 Å². The highest BCUT2D eigenvalue weighted by molar-refractivity contribution is 9.10. The predicted molar refractivity (Wildman–Crippen MR) is 120 cm³/mol. The summed E-state index contributed by atoms with van der Waals surface area (Å²) in [5.74, 6) is -0.395. The largest absolute Gasteiger partial charge is 0.365 e. The van der Waals surface area contributed by atoms with E-state index in [9.17, 15) is 14.0 Å². The highest BCUT2D eigenvalue weighted by Crippen LogP contribution is 2.41. The molecule has 0 spiro atoms. The highest BCUT2D eigenvalue weighted by atomic mass is 79.9. The van der Waals surface area contributed by atoms with E-state index in [2.05, 4.69) is 15.9 Å². The molecule has 31 heavy (non-hydrogen) atoms. The number of nitrogens with zero attached hydrogens (tertiary/aromatic N) is 3. The first-order chi connectivity index (χ1) is 14.9. The van der Waals surface area contributed by atoms with Gasteiger partial charge in [0.25, 0.3) is 5.56 Å². The summed E-state index contributed by atoms with van der Waals surface area (Å²) in [7, 11) is 3.10. The summed E-state index contributed by atoms with van der Waals surface area (Å²) in [4.78, 5) is 26.1. The Balaban J connectivity index is 1.98. The van der Waals surface area contributed by atoms with E-state index >= 15 is 0 Å². The van der Waals surface area contributed by atoms with Crippen molar-refractivity contribution >= 4 is 26.8 Å². The molecular weight excluding hydrogens is 465 g/mol. The van der Waals surface area contributed by atoms with Gasteiger partial charge in [0.1, 0.15) is 11.9 Å². The lowest BCUT2D eigenvalue weighted by atomic mass is 10.0. The van der Waals surface area contributed by atoms with Crippen LogP contribution in [0, 0.1) is 5.82 Å². The van der Waals surface area contributed by atoms with E-state index in [0.717, 1.165) is 14.6 Å². The van der Waals surface area contributed by atoms with Gasteiger partial charge in [-0.05, 0) is 18.2 Å². The summed E-state index contributed by atoms with van der Waals surface area (Å²) in [6.45, 7) is 0.830. The third-order valence-corrected chi connectivity index (χ3v) is 6.33. The zero-order valence-electron chi connectivity index (χ0n) is 16.9. The van der Waals surface area contributed by atoms with Gasteiger partial charge < -0.3 is 9.30 Å². The van der Waals surface area contributed by atoms with Crippen LogP contribution in [0.3, 0.4) is 0 Å². The van der Waals surface area contributed by atoms with Crippen LogP contribution >= 0.6 is 15.9 Å². The second-order valence-electron chi connectivity index (χ2n) is 7.60. The molecule has 1 atom stereocenters. The Morgan fingerprint density at radius 1 is 1.06 bits per heavy atom. The molecule has 0 amide bonds. The predicted octanol–water partition coefficient (Wildman–Crippen LogP) is 3.73. The van der Waals surface area contributed by atoms with Gasteiger partial charge in [0, 0.05) is 36.2 Å². The number of benzene rings is 2. The van der Waals surface area contributed by atoms with Gasteiger partial charge in [0.2, 0.25) is 0 Å². The Morgan fingerprint density at radius 2 is 1.84 bits per heavy atom. The average Bonchev–Trinajstić information content (AvgIpc) is 3.12. The lowest BCUT2D eigenvalue weighted by Crippen LogP contribution is -2.37. The van der Waals surface area contributed by atoms with Gasteiger partial charge >= 0.3 is 5.69 Å². The van der Waals surface area contributed by atoms with Crippen molar-refractivity contribution in [2.75, 3.05) is 6.61 Å². The standard InChI is InChI=1S/C23H19BrFN3O3/c1-26-19-17(22(29)27(2)23(26)30)18(13-6-5-7-14(24)12-13)28-10-11-31-21(20(19)28)15-8-3-4-9-16(15)25/h3-9,12,21H,10-11H2,1-2H3. The van der Waals surface area contributed by atoms with Crippen molar-refractivity contribution in [3.8, 4) is 11.3 Å². The molecule has 3 heterocycles. The second kappa shape index (κ2) is 7.32. The van der Waals surface area contributed by atoms with Crippen molar-refractivity contribution in [1.29, 1.82) is 0 Å². The normalized spacial score (nSPS) is 15.9. The second-order valence-corrected chi connectivity index (χ2v) is 8.51. The first-order valence-electron chi connectivity index (χ1n) is 9.84. The van der Waals surface area contributed by atoms with Crippen molar-refractivity contribution in [2.45, 2.75) is 12.6 Å². The lowest BCUT2D eigenvalue weighted by Gasteiger charge is -2.28. The average molecular weight is 484 g/mol. The minimum absolute atomic E-state index is 0.349. The summed E-state index contributed by atoms with van der Waals surface area (Å²) < 4.78 is 26.2. The minimum atomic E-state index is -0.740. The highest BCUT2D eigenvalue weighted by Gasteiger charge is 2.34. The van der Waals surface area contributed by atoms with E-state index < -0.39 is 17.6 Å². The summed E-state index contributed by atoms with van der Waals surface area (Å²) in [6, 6.07) is 14.1. The van der Waals surface area contributed by atoms with Crippen LogP contribution in [0.25, 0.3) is 22.2 Å². The number of hydrogen-bond acceptors (Lipinski definition) is 3. The van der Waals surface area contributed by atoms with Gasteiger partial charge in [0.05, 0.1) is 28.9 Å². The molecule has 0 radical (unpaired) electrons. The zero-order chi connectivity index (χ0) is 21.9. The molecular formula is C23H19BrFN3O3. The maximum atomic E-state index is 14.7. The van der Waals surface area contributed by atoms with Crippen LogP contribution in [0.5, 0.6) is 0 Å². The maximum absolute atomic E-state index is 14.7. The molecule has 0 aliphatic carbocycles. The minimum Gasteiger partial charge on any atom is -0.365 e. The number of aromatic nitrogens is 3. The lowest BCUT2D eigenvalue weighted by molar-refractivity contribution is 0.0457. The van der Waals surface area contributed by atoms with Crippen LogP contribution in [0.15, 0.2) is 62.6 Å². The van der Waals surface area contributed by atoms with E-state index in [1.165, 1.54) is 17.7 Å². The Bertz CT molecular complexity index is 1470. The van der Waals surface area contributed by atoms with E-state index in [1.54, 1.807) is 25.2 Å². The van der Waals surface area contributed by atoms with Gasteiger partial charge in [-0.2, -0.15) is 0 Å². The Hall–Kier alpha value is -2.97. The number of rotatable bonds is 2. The molecule has 0 bridgehead atoms. The number of halogens is 2. The first-order valence-corrected chi connectivity index (χ1v) is 10.6. The van der Waals surface area contributed by atoms with Gasteiger partial charge in [-0.25, -0.2) is 9.18 Å². The molecule has 2 aromatic heterocycles. The third kappa shape index (κ3) is 2.93. The van der Waals surface area contributed by atoms with Crippen LogP contribution in [0.1, 0.15) is 17.4 Å². The number of aryl methyl sites for hydroxylation is 1. The Kier molecular flexibility index (Phi) is 4.71. The number of hydrogen-bond donors (Lipinski definition) is 0. The van der Waals surface area contributed by atoms with Crippen LogP contribution in [-0.2, 0) is 25.4 Å². The molecule has 0 N–H and O–H groups in total.